The molecule has 0 amide bonds. The summed E-state index contributed by atoms with van der Waals surface area (Å²) in [6.45, 7) is 7.48. The normalized spacial score (nSPS) is 23.4. The average molecular weight is 261 g/mol. The van der Waals surface area contributed by atoms with Gasteiger partial charge in [-0.25, -0.2) is 0 Å². The maximum Gasteiger partial charge on any atom is 0.121 e. The topological polar surface area (TPSA) is 21.3 Å². The van der Waals surface area contributed by atoms with E-state index in [0.29, 0.717) is 12.0 Å². The van der Waals surface area contributed by atoms with Crippen LogP contribution in [0.4, 0.5) is 5.69 Å². The predicted octanol–water partition coefficient (Wildman–Crippen LogP) is 4.71. The molecule has 1 fully saturated rings. The first-order valence-corrected chi connectivity index (χ1v) is 7.63. The van der Waals surface area contributed by atoms with Crippen LogP contribution in [-0.2, 0) is 0 Å². The molecule has 0 aromatic heterocycles. The van der Waals surface area contributed by atoms with E-state index < -0.39 is 0 Å². The number of nitrogens with one attached hydrogen (secondary N) is 1. The Morgan fingerprint density at radius 2 is 1.95 bits per heavy atom. The highest BCUT2D eigenvalue weighted by Crippen LogP contribution is 2.27. The van der Waals surface area contributed by atoms with Crippen LogP contribution in [0.25, 0.3) is 0 Å². The van der Waals surface area contributed by atoms with E-state index in [9.17, 15) is 0 Å². The highest BCUT2D eigenvalue weighted by molar-refractivity contribution is 5.48. The van der Waals surface area contributed by atoms with Gasteiger partial charge in [0.2, 0.25) is 0 Å². The average Bonchev–Trinajstić information content (AvgIpc) is 2.40. The standard InChI is InChI=1S/C17H27NO/c1-13(2)12-19-17-6-4-5-16(11-17)18-15-9-7-14(3)8-10-15/h4-6,11,13-15,18H,7-10,12H2,1-3H3. The van der Waals surface area contributed by atoms with E-state index >= 15 is 0 Å². The van der Waals surface area contributed by atoms with Crippen molar-refractivity contribution in [3.63, 3.8) is 0 Å². The van der Waals surface area contributed by atoms with Crippen molar-refractivity contribution in [2.75, 3.05) is 11.9 Å². The van der Waals surface area contributed by atoms with Crippen LogP contribution in [-0.4, -0.2) is 12.6 Å². The summed E-state index contributed by atoms with van der Waals surface area (Å²) in [6, 6.07) is 9.01. The number of hydrogen-bond acceptors (Lipinski definition) is 2. The summed E-state index contributed by atoms with van der Waals surface area (Å²) >= 11 is 0. The van der Waals surface area contributed by atoms with Crippen LogP contribution in [0, 0.1) is 11.8 Å². The molecule has 0 saturated heterocycles. The molecule has 0 radical (unpaired) electrons. The fourth-order valence-electron chi connectivity index (χ4n) is 2.58. The van der Waals surface area contributed by atoms with E-state index in [-0.39, 0.29) is 0 Å². The summed E-state index contributed by atoms with van der Waals surface area (Å²) in [4.78, 5) is 0. The van der Waals surface area contributed by atoms with Gasteiger partial charge < -0.3 is 10.1 Å². The van der Waals surface area contributed by atoms with Crippen molar-refractivity contribution in [3.8, 4) is 5.75 Å². The molecule has 1 aliphatic carbocycles. The largest absolute Gasteiger partial charge is 0.493 e. The summed E-state index contributed by atoms with van der Waals surface area (Å²) in [5, 5.41) is 3.65. The van der Waals surface area contributed by atoms with E-state index in [0.717, 1.165) is 18.3 Å². The Hall–Kier alpha value is -1.18. The lowest BCUT2D eigenvalue weighted by atomic mass is 9.87. The third kappa shape index (κ3) is 4.77. The zero-order valence-electron chi connectivity index (χ0n) is 12.5. The minimum atomic E-state index is 0.566. The number of anilines is 1. The maximum atomic E-state index is 5.77. The van der Waals surface area contributed by atoms with E-state index in [1.165, 1.54) is 31.4 Å². The molecule has 1 N–H and O–H groups in total. The third-order valence-electron chi connectivity index (χ3n) is 3.80. The molecule has 0 heterocycles. The molecule has 106 valence electrons. The molecule has 0 unspecified atom stereocenters. The first-order valence-electron chi connectivity index (χ1n) is 7.63. The van der Waals surface area contributed by atoms with Crippen LogP contribution in [0.2, 0.25) is 0 Å². The van der Waals surface area contributed by atoms with Crippen molar-refractivity contribution in [1.29, 1.82) is 0 Å². The fourth-order valence-corrected chi connectivity index (χ4v) is 2.58. The molecule has 1 aromatic rings. The van der Waals surface area contributed by atoms with Crippen LogP contribution >= 0.6 is 0 Å². The monoisotopic (exact) mass is 261 g/mol. The van der Waals surface area contributed by atoms with Gasteiger partial charge in [-0.1, -0.05) is 26.8 Å². The van der Waals surface area contributed by atoms with Crippen molar-refractivity contribution in [2.45, 2.75) is 52.5 Å². The molecule has 0 aliphatic heterocycles. The quantitative estimate of drug-likeness (QED) is 0.828. The predicted molar refractivity (Wildman–Crippen MR) is 81.8 cm³/mol. The second kappa shape index (κ2) is 6.83. The number of ether oxygens (including phenoxy) is 1. The van der Waals surface area contributed by atoms with Crippen molar-refractivity contribution in [2.24, 2.45) is 11.8 Å². The Kier molecular flexibility index (Phi) is 5.12. The van der Waals surface area contributed by atoms with Gasteiger partial charge in [0.1, 0.15) is 5.75 Å². The fraction of sp³-hybridized carbons (Fsp3) is 0.647. The van der Waals surface area contributed by atoms with Gasteiger partial charge in [0.25, 0.3) is 0 Å². The smallest absolute Gasteiger partial charge is 0.121 e. The lowest BCUT2D eigenvalue weighted by Gasteiger charge is -2.27. The van der Waals surface area contributed by atoms with Gasteiger partial charge in [-0.15, -0.1) is 0 Å². The zero-order chi connectivity index (χ0) is 13.7. The number of hydrogen-bond donors (Lipinski definition) is 1. The van der Waals surface area contributed by atoms with Gasteiger partial charge >= 0.3 is 0 Å². The molecule has 2 nitrogen and oxygen atoms in total. The lowest BCUT2D eigenvalue weighted by molar-refractivity contribution is 0.271. The van der Waals surface area contributed by atoms with Gasteiger partial charge in [0, 0.05) is 17.8 Å². The second-order valence-corrected chi connectivity index (χ2v) is 6.33. The van der Waals surface area contributed by atoms with E-state index in [4.69, 9.17) is 4.74 Å². The first-order chi connectivity index (χ1) is 9.13. The molecule has 1 aliphatic rings. The second-order valence-electron chi connectivity index (χ2n) is 6.33. The molecule has 1 saturated carbocycles. The SMILES string of the molecule is CC(C)COc1cccc(NC2CCC(C)CC2)c1. The summed E-state index contributed by atoms with van der Waals surface area (Å²) < 4.78 is 5.77. The van der Waals surface area contributed by atoms with Crippen molar-refractivity contribution < 1.29 is 4.74 Å². The Bertz CT molecular complexity index is 381. The number of rotatable bonds is 5. The third-order valence-corrected chi connectivity index (χ3v) is 3.80. The minimum absolute atomic E-state index is 0.566. The molecule has 2 heteroatoms. The highest BCUT2D eigenvalue weighted by Gasteiger charge is 2.17. The molecule has 1 aromatic carbocycles. The molecule has 19 heavy (non-hydrogen) atoms. The molecular formula is C17H27NO. The maximum absolute atomic E-state index is 5.77. The van der Waals surface area contributed by atoms with Gasteiger partial charge in [0.15, 0.2) is 0 Å². The van der Waals surface area contributed by atoms with Crippen LogP contribution in [0.1, 0.15) is 46.5 Å². The van der Waals surface area contributed by atoms with Gasteiger partial charge in [-0.2, -0.15) is 0 Å². The summed E-state index contributed by atoms with van der Waals surface area (Å²) in [7, 11) is 0. The van der Waals surface area contributed by atoms with E-state index in [1.54, 1.807) is 0 Å². The molecule has 0 bridgehead atoms. The zero-order valence-corrected chi connectivity index (χ0v) is 12.5. The highest BCUT2D eigenvalue weighted by atomic mass is 16.5. The van der Waals surface area contributed by atoms with Crippen molar-refractivity contribution >= 4 is 5.69 Å². The summed E-state index contributed by atoms with van der Waals surface area (Å²) in [5.74, 6) is 2.44. The summed E-state index contributed by atoms with van der Waals surface area (Å²) in [6.07, 6.45) is 5.28. The minimum Gasteiger partial charge on any atom is -0.493 e. The van der Waals surface area contributed by atoms with Crippen LogP contribution in [0.3, 0.4) is 0 Å². The van der Waals surface area contributed by atoms with E-state index in [2.05, 4.69) is 44.3 Å². The summed E-state index contributed by atoms with van der Waals surface area (Å²) in [5.41, 5.74) is 1.20. The van der Waals surface area contributed by atoms with Crippen molar-refractivity contribution in [3.05, 3.63) is 24.3 Å². The Morgan fingerprint density at radius 3 is 2.63 bits per heavy atom. The van der Waals surface area contributed by atoms with Crippen molar-refractivity contribution in [1.82, 2.24) is 0 Å². The van der Waals surface area contributed by atoms with Gasteiger partial charge in [-0.05, 0) is 49.7 Å². The molecular weight excluding hydrogens is 234 g/mol. The Morgan fingerprint density at radius 1 is 1.21 bits per heavy atom. The molecule has 0 spiro atoms. The van der Waals surface area contributed by atoms with Crippen LogP contribution < -0.4 is 10.1 Å². The molecule has 2 rings (SSSR count). The first kappa shape index (κ1) is 14.2. The van der Waals surface area contributed by atoms with Crippen LogP contribution in [0.15, 0.2) is 24.3 Å². The van der Waals surface area contributed by atoms with Gasteiger partial charge in [0.05, 0.1) is 6.61 Å². The molecule has 0 atom stereocenters. The van der Waals surface area contributed by atoms with Crippen LogP contribution in [0.5, 0.6) is 5.75 Å². The Balaban J connectivity index is 1.88. The Labute approximate surface area is 117 Å². The number of benzene rings is 1. The van der Waals surface area contributed by atoms with E-state index in [1.807, 2.05) is 6.07 Å². The van der Waals surface area contributed by atoms with Gasteiger partial charge in [-0.3, -0.25) is 0 Å². The lowest BCUT2D eigenvalue weighted by Crippen LogP contribution is -2.25.